The number of amides is 1. The van der Waals surface area contributed by atoms with Crippen LogP contribution in [0.25, 0.3) is 0 Å². The minimum atomic E-state index is 0. The van der Waals surface area contributed by atoms with Crippen molar-refractivity contribution in [3.63, 3.8) is 0 Å². The molecule has 1 fully saturated rings. The lowest BCUT2D eigenvalue weighted by Gasteiger charge is -2.32. The van der Waals surface area contributed by atoms with E-state index in [9.17, 15) is 4.79 Å². The summed E-state index contributed by atoms with van der Waals surface area (Å²) in [6.07, 6.45) is 2.01. The van der Waals surface area contributed by atoms with Crippen LogP contribution in [0.1, 0.15) is 25.3 Å². The minimum absolute atomic E-state index is 0. The lowest BCUT2D eigenvalue weighted by atomic mass is 10.1. The smallest absolute Gasteiger partial charge is 0.233 e. The summed E-state index contributed by atoms with van der Waals surface area (Å²) in [5.41, 5.74) is 1.19. The van der Waals surface area contributed by atoms with E-state index in [-0.39, 0.29) is 29.9 Å². The number of likely N-dealkylation sites (tertiary alicyclic amines) is 1. The second-order valence-corrected chi connectivity index (χ2v) is 8.77. The highest BCUT2D eigenvalue weighted by Crippen LogP contribution is 2.27. The number of hydrogen-bond donors (Lipinski definition) is 3. The maximum absolute atomic E-state index is 11.6. The molecule has 0 unspecified atom stereocenters. The number of carbonyl (C=O) groups excluding carboxylic acids is 1. The topological polar surface area (TPSA) is 68.8 Å². The fraction of sp³-hybridized carbons (Fsp3) is 0.417. The van der Waals surface area contributed by atoms with Crippen molar-refractivity contribution in [3.8, 4) is 0 Å². The number of nitrogens with one attached hydrogen (secondary N) is 3. The van der Waals surface area contributed by atoms with Crippen LogP contribution in [-0.2, 0) is 11.3 Å². The van der Waals surface area contributed by atoms with Gasteiger partial charge < -0.3 is 16.0 Å². The molecule has 32 heavy (non-hydrogen) atoms. The van der Waals surface area contributed by atoms with Crippen molar-refractivity contribution in [1.82, 2.24) is 20.9 Å². The molecule has 0 saturated carbocycles. The van der Waals surface area contributed by atoms with Crippen molar-refractivity contribution in [3.05, 3.63) is 60.2 Å². The van der Waals surface area contributed by atoms with Gasteiger partial charge in [-0.25, -0.2) is 4.99 Å². The molecule has 3 N–H and O–H groups in total. The first kappa shape index (κ1) is 26.5. The molecule has 1 heterocycles. The van der Waals surface area contributed by atoms with Crippen LogP contribution in [0.2, 0.25) is 0 Å². The molecular weight excluding hydrogens is 533 g/mol. The molecule has 0 aliphatic carbocycles. The molecule has 174 valence electrons. The van der Waals surface area contributed by atoms with Crippen molar-refractivity contribution in [2.75, 3.05) is 33.2 Å². The van der Waals surface area contributed by atoms with E-state index in [4.69, 9.17) is 4.99 Å². The van der Waals surface area contributed by atoms with E-state index in [2.05, 4.69) is 76.3 Å². The lowest BCUT2D eigenvalue weighted by molar-refractivity contribution is -0.122. The summed E-state index contributed by atoms with van der Waals surface area (Å²) < 4.78 is 0. The van der Waals surface area contributed by atoms with E-state index in [0.29, 0.717) is 19.1 Å². The SMILES string of the molecule is CCNC(=NCc1ccc(Sc2ccccc2)cc1)NC1CCN(CC(=O)NC)CC1.I. The fourth-order valence-corrected chi connectivity index (χ4v) is 4.33. The summed E-state index contributed by atoms with van der Waals surface area (Å²) in [4.78, 5) is 21.0. The highest BCUT2D eigenvalue weighted by molar-refractivity contribution is 14.0. The van der Waals surface area contributed by atoms with Gasteiger partial charge in [-0.3, -0.25) is 9.69 Å². The van der Waals surface area contributed by atoms with E-state index in [1.807, 2.05) is 6.07 Å². The molecule has 8 heteroatoms. The number of piperidine rings is 1. The van der Waals surface area contributed by atoms with E-state index < -0.39 is 0 Å². The monoisotopic (exact) mass is 567 g/mol. The van der Waals surface area contributed by atoms with Gasteiger partial charge in [-0.1, -0.05) is 42.1 Å². The van der Waals surface area contributed by atoms with Crippen molar-refractivity contribution in [2.45, 2.75) is 42.1 Å². The molecular formula is C24H34IN5OS. The second kappa shape index (κ2) is 14.4. The summed E-state index contributed by atoms with van der Waals surface area (Å²) >= 11 is 1.77. The highest BCUT2D eigenvalue weighted by atomic mass is 127. The van der Waals surface area contributed by atoms with Crippen LogP contribution in [0.15, 0.2) is 69.4 Å². The maximum Gasteiger partial charge on any atom is 0.233 e. The van der Waals surface area contributed by atoms with E-state index in [1.54, 1.807) is 18.8 Å². The second-order valence-electron chi connectivity index (χ2n) is 7.62. The molecule has 0 spiro atoms. The Bertz CT molecular complexity index is 839. The fourth-order valence-electron chi connectivity index (χ4n) is 3.49. The average molecular weight is 568 g/mol. The van der Waals surface area contributed by atoms with Crippen LogP contribution >= 0.6 is 35.7 Å². The lowest BCUT2D eigenvalue weighted by Crippen LogP contribution is -2.50. The van der Waals surface area contributed by atoms with Crippen LogP contribution in [0, 0.1) is 0 Å². The van der Waals surface area contributed by atoms with Crippen molar-refractivity contribution in [2.24, 2.45) is 4.99 Å². The Hall–Kier alpha value is -1.78. The zero-order valence-electron chi connectivity index (χ0n) is 18.8. The third-order valence-corrected chi connectivity index (χ3v) is 6.26. The molecule has 1 aliphatic heterocycles. The molecule has 0 bridgehead atoms. The number of aliphatic imine (C=N–C) groups is 1. The molecule has 0 radical (unpaired) electrons. The highest BCUT2D eigenvalue weighted by Gasteiger charge is 2.21. The number of carbonyl (C=O) groups is 1. The van der Waals surface area contributed by atoms with Gasteiger partial charge in [0.2, 0.25) is 5.91 Å². The normalized spacial score (nSPS) is 15.0. The Kier molecular flexibility index (Phi) is 11.9. The zero-order chi connectivity index (χ0) is 21.9. The van der Waals surface area contributed by atoms with Gasteiger partial charge in [0.05, 0.1) is 13.1 Å². The molecule has 1 aliphatic rings. The summed E-state index contributed by atoms with van der Waals surface area (Å²) in [6, 6.07) is 19.4. The number of guanidine groups is 1. The molecule has 2 aromatic carbocycles. The summed E-state index contributed by atoms with van der Waals surface area (Å²) in [5.74, 6) is 0.935. The summed E-state index contributed by atoms with van der Waals surface area (Å²) in [7, 11) is 1.69. The quantitative estimate of drug-likeness (QED) is 0.258. The summed E-state index contributed by atoms with van der Waals surface area (Å²) in [5, 5.41) is 9.61. The molecule has 3 rings (SSSR count). The number of benzene rings is 2. The standard InChI is InChI=1S/C24H33N5OS.HI/c1-3-26-24(28-20-13-15-29(16-14-20)18-23(30)25-2)27-17-19-9-11-22(12-10-19)31-21-7-5-4-6-8-21;/h4-12,20H,3,13-18H2,1-2H3,(H,25,30)(H2,26,27,28);1H. The molecule has 1 amide bonds. The van der Waals surface area contributed by atoms with Crippen LogP contribution in [0.5, 0.6) is 0 Å². The van der Waals surface area contributed by atoms with Crippen molar-refractivity contribution < 1.29 is 4.79 Å². The number of hydrogen-bond acceptors (Lipinski definition) is 4. The third kappa shape index (κ3) is 8.99. The Balaban J connectivity index is 0.00000363. The number of rotatable bonds is 8. The van der Waals surface area contributed by atoms with Crippen LogP contribution in [0.4, 0.5) is 0 Å². The van der Waals surface area contributed by atoms with Crippen LogP contribution in [-0.4, -0.2) is 56.0 Å². The minimum Gasteiger partial charge on any atom is -0.358 e. The number of likely N-dealkylation sites (N-methyl/N-ethyl adjacent to an activating group) is 1. The Morgan fingerprint density at radius 2 is 1.72 bits per heavy atom. The maximum atomic E-state index is 11.6. The van der Waals surface area contributed by atoms with Gasteiger partial charge >= 0.3 is 0 Å². The largest absolute Gasteiger partial charge is 0.358 e. The zero-order valence-corrected chi connectivity index (χ0v) is 22.0. The molecule has 6 nitrogen and oxygen atoms in total. The average Bonchev–Trinajstić information content (AvgIpc) is 2.80. The van der Waals surface area contributed by atoms with E-state index >= 15 is 0 Å². The Morgan fingerprint density at radius 1 is 1.06 bits per heavy atom. The van der Waals surface area contributed by atoms with Gasteiger partial charge in [-0.05, 0) is 49.6 Å². The predicted molar refractivity (Wildman–Crippen MR) is 144 cm³/mol. The van der Waals surface area contributed by atoms with Gasteiger partial charge in [0, 0.05) is 42.5 Å². The van der Waals surface area contributed by atoms with Crippen LogP contribution in [0.3, 0.4) is 0 Å². The third-order valence-electron chi connectivity index (χ3n) is 5.24. The molecule has 1 saturated heterocycles. The van der Waals surface area contributed by atoms with Gasteiger partial charge in [0.25, 0.3) is 0 Å². The van der Waals surface area contributed by atoms with Crippen molar-refractivity contribution in [1.29, 1.82) is 0 Å². The molecule has 0 atom stereocenters. The molecule has 2 aromatic rings. The number of nitrogens with zero attached hydrogens (tertiary/aromatic N) is 2. The van der Waals surface area contributed by atoms with Gasteiger partial charge in [0.1, 0.15) is 0 Å². The van der Waals surface area contributed by atoms with Crippen LogP contribution < -0.4 is 16.0 Å². The first-order valence-corrected chi connectivity index (χ1v) is 11.8. The van der Waals surface area contributed by atoms with Gasteiger partial charge in [-0.2, -0.15) is 0 Å². The first-order valence-electron chi connectivity index (χ1n) is 11.0. The van der Waals surface area contributed by atoms with Crippen molar-refractivity contribution >= 4 is 47.6 Å². The van der Waals surface area contributed by atoms with E-state index in [0.717, 1.165) is 38.4 Å². The Labute approximate surface area is 213 Å². The van der Waals surface area contributed by atoms with E-state index in [1.165, 1.54) is 15.4 Å². The van der Waals surface area contributed by atoms with Gasteiger partial charge in [-0.15, -0.1) is 24.0 Å². The van der Waals surface area contributed by atoms with Gasteiger partial charge in [0.15, 0.2) is 5.96 Å². The number of halogens is 1. The first-order chi connectivity index (χ1) is 15.2. The molecule has 0 aromatic heterocycles. The Morgan fingerprint density at radius 3 is 2.34 bits per heavy atom. The predicted octanol–water partition coefficient (Wildman–Crippen LogP) is 3.72. The summed E-state index contributed by atoms with van der Waals surface area (Å²) in [6.45, 7) is 5.87.